The number of phenols is 1. The van der Waals surface area contributed by atoms with E-state index < -0.39 is 11.2 Å². The Hall–Kier alpha value is -3.23. The lowest BCUT2D eigenvalue weighted by Crippen LogP contribution is -2.36. The van der Waals surface area contributed by atoms with Crippen LogP contribution < -0.4 is 21.4 Å². The molecule has 0 amide bonds. The molecule has 1 aliphatic heterocycles. The molecule has 0 saturated heterocycles. The fourth-order valence-corrected chi connectivity index (χ4v) is 4.18. The molecule has 0 radical (unpaired) electrons. The number of nitrogens with zero attached hydrogens (tertiary/aromatic N) is 2. The minimum absolute atomic E-state index is 0.0240. The topological polar surface area (TPSA) is 129 Å². The highest BCUT2D eigenvalue weighted by Gasteiger charge is 2.29. The lowest BCUT2D eigenvalue weighted by molar-refractivity contribution is 0.298. The summed E-state index contributed by atoms with van der Waals surface area (Å²) < 4.78 is 6.44. The number of hydrogen-bond donors (Lipinski definition) is 4. The standard InChI is InChI=1S/C20H24N4O5/c1-29-16-9-11(7-8-15(16)25)13-10-14(23-22-13)17-18(26)21-20(28)24(19(17)27)12-5-3-2-4-6-12/h7-9,12-13,22,25,27H,2-6,10H2,1H3,(H,21,26,28). The van der Waals surface area contributed by atoms with Gasteiger partial charge in [-0.2, -0.15) is 5.10 Å². The van der Waals surface area contributed by atoms with Crippen LogP contribution in [0.25, 0.3) is 0 Å². The molecular weight excluding hydrogens is 376 g/mol. The molecule has 1 aromatic carbocycles. The molecule has 9 nitrogen and oxygen atoms in total. The van der Waals surface area contributed by atoms with E-state index in [2.05, 4.69) is 15.5 Å². The Labute approximate surface area is 166 Å². The average molecular weight is 400 g/mol. The van der Waals surface area contributed by atoms with Gasteiger partial charge in [0, 0.05) is 12.5 Å². The number of H-pyrrole nitrogens is 1. The van der Waals surface area contributed by atoms with E-state index in [-0.39, 0.29) is 29.3 Å². The first kappa shape index (κ1) is 19.1. The van der Waals surface area contributed by atoms with Gasteiger partial charge in [-0.3, -0.25) is 14.3 Å². The monoisotopic (exact) mass is 400 g/mol. The molecule has 0 bridgehead atoms. The van der Waals surface area contributed by atoms with Gasteiger partial charge in [0.25, 0.3) is 5.56 Å². The number of nitrogens with one attached hydrogen (secondary N) is 2. The molecule has 1 aromatic heterocycles. The first-order valence-corrected chi connectivity index (χ1v) is 9.76. The van der Waals surface area contributed by atoms with Crippen molar-refractivity contribution in [2.45, 2.75) is 50.6 Å². The zero-order chi connectivity index (χ0) is 20.5. The SMILES string of the molecule is COc1cc(C2CC(c3c(O)n(C4CCCCC4)c(=O)[nH]c3=O)=NN2)ccc1O. The van der Waals surface area contributed by atoms with E-state index in [0.717, 1.165) is 37.7 Å². The maximum absolute atomic E-state index is 12.5. The largest absolute Gasteiger partial charge is 0.504 e. The summed E-state index contributed by atoms with van der Waals surface area (Å²) >= 11 is 0. The second-order valence-corrected chi connectivity index (χ2v) is 7.50. The van der Waals surface area contributed by atoms with Gasteiger partial charge in [-0.1, -0.05) is 25.3 Å². The summed E-state index contributed by atoms with van der Waals surface area (Å²) in [6.07, 6.45) is 5.00. The van der Waals surface area contributed by atoms with Crippen LogP contribution in [0.4, 0.5) is 0 Å². The number of rotatable bonds is 4. The molecule has 1 saturated carbocycles. The lowest BCUT2D eigenvalue weighted by atomic mass is 9.95. The molecule has 2 aliphatic rings. The van der Waals surface area contributed by atoms with Crippen molar-refractivity contribution in [3.63, 3.8) is 0 Å². The van der Waals surface area contributed by atoms with Gasteiger partial charge in [-0.25, -0.2) is 4.79 Å². The van der Waals surface area contributed by atoms with E-state index in [0.29, 0.717) is 17.9 Å². The maximum atomic E-state index is 12.5. The van der Waals surface area contributed by atoms with Crippen LogP contribution in [-0.2, 0) is 0 Å². The number of aromatic nitrogens is 2. The van der Waals surface area contributed by atoms with Crippen molar-refractivity contribution in [3.8, 4) is 17.4 Å². The van der Waals surface area contributed by atoms with E-state index in [4.69, 9.17) is 4.74 Å². The highest BCUT2D eigenvalue weighted by atomic mass is 16.5. The van der Waals surface area contributed by atoms with Gasteiger partial charge < -0.3 is 20.4 Å². The van der Waals surface area contributed by atoms with E-state index in [1.54, 1.807) is 12.1 Å². The summed E-state index contributed by atoms with van der Waals surface area (Å²) in [6.45, 7) is 0. The second kappa shape index (κ2) is 7.65. The molecule has 0 spiro atoms. The zero-order valence-electron chi connectivity index (χ0n) is 16.1. The van der Waals surface area contributed by atoms with Crippen LogP contribution in [0.3, 0.4) is 0 Å². The zero-order valence-corrected chi connectivity index (χ0v) is 16.1. The Morgan fingerprint density at radius 2 is 1.93 bits per heavy atom. The molecule has 1 unspecified atom stereocenters. The third-order valence-electron chi connectivity index (χ3n) is 5.71. The average Bonchev–Trinajstić information content (AvgIpc) is 3.18. The number of benzene rings is 1. The Kier molecular flexibility index (Phi) is 5.04. The van der Waals surface area contributed by atoms with Crippen molar-refractivity contribution in [1.82, 2.24) is 15.0 Å². The van der Waals surface area contributed by atoms with Crippen molar-refractivity contribution in [2.24, 2.45) is 5.10 Å². The van der Waals surface area contributed by atoms with Gasteiger partial charge in [-0.05, 0) is 30.5 Å². The Balaban J connectivity index is 1.66. The fraction of sp³-hybridized carbons (Fsp3) is 0.450. The van der Waals surface area contributed by atoms with Gasteiger partial charge >= 0.3 is 5.69 Å². The van der Waals surface area contributed by atoms with E-state index in [9.17, 15) is 19.8 Å². The summed E-state index contributed by atoms with van der Waals surface area (Å²) in [5.74, 6) is 0.0449. The third-order valence-corrected chi connectivity index (χ3v) is 5.71. The van der Waals surface area contributed by atoms with Crippen molar-refractivity contribution >= 4 is 5.71 Å². The van der Waals surface area contributed by atoms with Gasteiger partial charge in [0.2, 0.25) is 5.88 Å². The van der Waals surface area contributed by atoms with Gasteiger partial charge in [0.15, 0.2) is 11.5 Å². The lowest BCUT2D eigenvalue weighted by Gasteiger charge is -2.25. The van der Waals surface area contributed by atoms with Crippen molar-refractivity contribution in [1.29, 1.82) is 0 Å². The third kappa shape index (κ3) is 3.48. The van der Waals surface area contributed by atoms with Gasteiger partial charge in [0.05, 0.1) is 18.9 Å². The van der Waals surface area contributed by atoms with Crippen LogP contribution in [-0.4, -0.2) is 32.6 Å². The number of aromatic hydroxyl groups is 2. The number of hydrazone groups is 1. The van der Waals surface area contributed by atoms with E-state index in [1.807, 2.05) is 0 Å². The van der Waals surface area contributed by atoms with Crippen LogP contribution in [0.1, 0.15) is 61.7 Å². The first-order chi connectivity index (χ1) is 14.0. The number of methoxy groups -OCH3 is 1. The summed E-state index contributed by atoms with van der Waals surface area (Å²) in [5.41, 5.74) is 2.94. The molecule has 1 atom stereocenters. The highest BCUT2D eigenvalue weighted by Crippen LogP contribution is 2.34. The van der Waals surface area contributed by atoms with Crippen LogP contribution in [0, 0.1) is 0 Å². The number of hydrogen-bond acceptors (Lipinski definition) is 7. The summed E-state index contributed by atoms with van der Waals surface area (Å²) in [4.78, 5) is 27.2. The van der Waals surface area contributed by atoms with Crippen LogP contribution in [0.5, 0.6) is 17.4 Å². The second-order valence-electron chi connectivity index (χ2n) is 7.50. The summed E-state index contributed by atoms with van der Waals surface area (Å²) in [6, 6.07) is 4.58. The normalized spacial score (nSPS) is 19.6. The highest BCUT2D eigenvalue weighted by molar-refractivity contribution is 6.03. The predicted octanol–water partition coefficient (Wildman–Crippen LogP) is 1.90. The van der Waals surface area contributed by atoms with Crippen LogP contribution in [0.15, 0.2) is 32.9 Å². The molecule has 29 heavy (non-hydrogen) atoms. The molecule has 154 valence electrons. The molecule has 4 rings (SSSR count). The minimum atomic E-state index is -0.649. The van der Waals surface area contributed by atoms with E-state index in [1.165, 1.54) is 17.7 Å². The molecule has 1 fully saturated rings. The molecule has 2 aromatic rings. The predicted molar refractivity (Wildman–Crippen MR) is 107 cm³/mol. The molecule has 1 aliphatic carbocycles. The Morgan fingerprint density at radius 1 is 1.17 bits per heavy atom. The van der Waals surface area contributed by atoms with Gasteiger partial charge in [-0.15, -0.1) is 0 Å². The maximum Gasteiger partial charge on any atom is 0.331 e. The Morgan fingerprint density at radius 3 is 2.66 bits per heavy atom. The van der Waals surface area contributed by atoms with Crippen LogP contribution >= 0.6 is 0 Å². The Bertz CT molecular complexity index is 1070. The molecule has 4 N–H and O–H groups in total. The summed E-state index contributed by atoms with van der Waals surface area (Å²) in [7, 11) is 1.47. The van der Waals surface area contributed by atoms with Crippen LogP contribution in [0.2, 0.25) is 0 Å². The first-order valence-electron chi connectivity index (χ1n) is 9.76. The minimum Gasteiger partial charge on any atom is -0.504 e. The molecule has 9 heteroatoms. The van der Waals surface area contributed by atoms with Crippen molar-refractivity contribution in [2.75, 3.05) is 7.11 Å². The quantitative estimate of drug-likeness (QED) is 0.620. The summed E-state index contributed by atoms with van der Waals surface area (Å²) in [5, 5.41) is 24.8. The smallest absolute Gasteiger partial charge is 0.331 e. The fourth-order valence-electron chi connectivity index (χ4n) is 4.18. The number of aromatic amines is 1. The number of ether oxygens (including phenoxy) is 1. The van der Waals surface area contributed by atoms with E-state index >= 15 is 0 Å². The molecule has 2 heterocycles. The molecular formula is C20H24N4O5. The van der Waals surface area contributed by atoms with Crippen molar-refractivity contribution in [3.05, 3.63) is 50.2 Å². The number of phenolic OH excluding ortho intramolecular Hbond substituents is 1. The van der Waals surface area contributed by atoms with Crippen molar-refractivity contribution < 1.29 is 14.9 Å². The van der Waals surface area contributed by atoms with Gasteiger partial charge in [0.1, 0.15) is 5.56 Å².